The molecule has 25 heavy (non-hydrogen) atoms. The number of amides is 1. The third-order valence-electron chi connectivity index (χ3n) is 4.70. The fourth-order valence-corrected chi connectivity index (χ4v) is 4.39. The van der Waals surface area contributed by atoms with Crippen LogP contribution in [0.15, 0.2) is 6.07 Å². The largest absolute Gasteiger partial charge is 0.481 e. The molecule has 1 aromatic rings. The van der Waals surface area contributed by atoms with Gasteiger partial charge in [-0.05, 0) is 63.3 Å². The van der Waals surface area contributed by atoms with Crippen LogP contribution in [0.5, 0.6) is 5.88 Å². The number of likely N-dealkylation sites (tertiary alicyclic amines) is 1. The van der Waals surface area contributed by atoms with E-state index >= 15 is 0 Å². The summed E-state index contributed by atoms with van der Waals surface area (Å²) in [4.78, 5) is 18.8. The number of aryl methyl sites for hydroxylation is 1. The second-order valence-electron chi connectivity index (χ2n) is 7.74. The van der Waals surface area contributed by atoms with Crippen molar-refractivity contribution in [2.45, 2.75) is 57.3 Å². The van der Waals surface area contributed by atoms with Crippen LogP contribution in [0.1, 0.15) is 56.4 Å². The molecule has 0 spiro atoms. The zero-order valence-corrected chi connectivity index (χ0v) is 16.4. The van der Waals surface area contributed by atoms with E-state index in [2.05, 4.69) is 6.07 Å². The van der Waals surface area contributed by atoms with Gasteiger partial charge in [-0.25, -0.2) is 9.78 Å². The second kappa shape index (κ2) is 7.44. The first-order valence-electron chi connectivity index (χ1n) is 8.99. The Hall–Kier alpha value is -1.43. The van der Waals surface area contributed by atoms with Crippen molar-refractivity contribution < 1.29 is 14.3 Å². The summed E-state index contributed by atoms with van der Waals surface area (Å²) in [5, 5.41) is 0. The van der Waals surface area contributed by atoms with Gasteiger partial charge in [0, 0.05) is 30.1 Å². The first-order valence-corrected chi connectivity index (χ1v) is 10.1. The molecule has 1 aromatic heterocycles. The lowest BCUT2D eigenvalue weighted by molar-refractivity contribution is 0.0204. The summed E-state index contributed by atoms with van der Waals surface area (Å²) in [5.74, 6) is 3.33. The molecule has 2 aliphatic heterocycles. The Morgan fingerprint density at radius 1 is 1.32 bits per heavy atom. The molecular weight excluding hydrogens is 336 g/mol. The van der Waals surface area contributed by atoms with Crippen LogP contribution in [-0.4, -0.2) is 47.5 Å². The van der Waals surface area contributed by atoms with Crippen molar-refractivity contribution in [3.63, 3.8) is 0 Å². The standard InChI is InChI=1S/C19H28N2O3S/c1-19(2,3)24-18(22)21-8-5-13(6-9-21)15-11-14-12-25-10-7-16(14)20-17(15)23-4/h11,13H,5-10,12H2,1-4H3. The third kappa shape index (κ3) is 4.40. The number of ether oxygens (including phenoxy) is 2. The summed E-state index contributed by atoms with van der Waals surface area (Å²) in [5.41, 5.74) is 3.29. The molecule has 1 amide bonds. The number of carbonyl (C=O) groups is 1. The lowest BCUT2D eigenvalue weighted by Gasteiger charge is -2.34. The first-order chi connectivity index (χ1) is 11.9. The molecule has 0 atom stereocenters. The van der Waals surface area contributed by atoms with E-state index in [0.717, 1.165) is 36.6 Å². The lowest BCUT2D eigenvalue weighted by atomic mass is 9.89. The average Bonchev–Trinajstić information content (AvgIpc) is 2.59. The van der Waals surface area contributed by atoms with Crippen LogP contribution >= 0.6 is 11.8 Å². The number of methoxy groups -OCH3 is 1. The molecule has 2 aliphatic rings. The maximum atomic E-state index is 12.2. The minimum Gasteiger partial charge on any atom is -0.481 e. The van der Waals surface area contributed by atoms with Crippen LogP contribution in [0.2, 0.25) is 0 Å². The molecule has 1 saturated heterocycles. The van der Waals surface area contributed by atoms with Crippen molar-refractivity contribution in [1.29, 1.82) is 0 Å². The van der Waals surface area contributed by atoms with Crippen molar-refractivity contribution >= 4 is 17.9 Å². The Labute approximate surface area is 154 Å². The maximum absolute atomic E-state index is 12.2. The number of pyridine rings is 1. The fourth-order valence-electron chi connectivity index (χ4n) is 3.44. The Morgan fingerprint density at radius 3 is 2.68 bits per heavy atom. The van der Waals surface area contributed by atoms with Crippen LogP contribution in [0.4, 0.5) is 4.79 Å². The molecule has 1 fully saturated rings. The summed E-state index contributed by atoms with van der Waals surface area (Å²) in [6, 6.07) is 2.29. The summed E-state index contributed by atoms with van der Waals surface area (Å²) >= 11 is 1.97. The van der Waals surface area contributed by atoms with Gasteiger partial charge >= 0.3 is 6.09 Å². The van der Waals surface area contributed by atoms with Crippen LogP contribution in [-0.2, 0) is 16.9 Å². The number of hydrogen-bond donors (Lipinski definition) is 0. The predicted octanol–water partition coefficient (Wildman–Crippen LogP) is 3.99. The smallest absolute Gasteiger partial charge is 0.410 e. The highest BCUT2D eigenvalue weighted by Gasteiger charge is 2.30. The molecule has 0 N–H and O–H groups in total. The van der Waals surface area contributed by atoms with Crippen LogP contribution < -0.4 is 4.74 Å². The van der Waals surface area contributed by atoms with E-state index in [9.17, 15) is 4.79 Å². The minimum atomic E-state index is -0.447. The van der Waals surface area contributed by atoms with Crippen molar-refractivity contribution in [3.05, 3.63) is 22.9 Å². The summed E-state index contributed by atoms with van der Waals surface area (Å²) in [6.45, 7) is 7.14. The Morgan fingerprint density at radius 2 is 2.04 bits per heavy atom. The predicted molar refractivity (Wildman–Crippen MR) is 100 cm³/mol. The molecule has 3 heterocycles. The highest BCUT2D eigenvalue weighted by Crippen LogP contribution is 2.37. The van der Waals surface area contributed by atoms with Gasteiger partial charge in [0.2, 0.25) is 5.88 Å². The zero-order chi connectivity index (χ0) is 18.0. The molecule has 6 heteroatoms. The van der Waals surface area contributed by atoms with Gasteiger partial charge in [-0.1, -0.05) is 0 Å². The first kappa shape index (κ1) is 18.4. The third-order valence-corrected chi connectivity index (χ3v) is 5.71. The number of nitrogens with zero attached hydrogens (tertiary/aromatic N) is 2. The van der Waals surface area contributed by atoms with Crippen molar-refractivity contribution in [2.75, 3.05) is 26.0 Å². The van der Waals surface area contributed by atoms with Gasteiger partial charge in [0.1, 0.15) is 5.60 Å². The monoisotopic (exact) mass is 364 g/mol. The van der Waals surface area contributed by atoms with Crippen molar-refractivity contribution in [3.8, 4) is 5.88 Å². The Balaban J connectivity index is 1.69. The molecule has 0 aliphatic carbocycles. The molecule has 138 valence electrons. The summed E-state index contributed by atoms with van der Waals surface area (Å²) < 4.78 is 11.1. The normalized spacial score (nSPS) is 18.6. The van der Waals surface area contributed by atoms with E-state index in [0.29, 0.717) is 19.0 Å². The zero-order valence-electron chi connectivity index (χ0n) is 15.6. The minimum absolute atomic E-state index is 0.210. The highest BCUT2D eigenvalue weighted by molar-refractivity contribution is 7.98. The van der Waals surface area contributed by atoms with E-state index in [1.165, 1.54) is 16.8 Å². The van der Waals surface area contributed by atoms with Gasteiger partial charge in [-0.15, -0.1) is 0 Å². The van der Waals surface area contributed by atoms with E-state index in [1.807, 2.05) is 37.4 Å². The molecule has 0 saturated carbocycles. The molecule has 0 unspecified atom stereocenters. The number of thioether (sulfide) groups is 1. The van der Waals surface area contributed by atoms with Crippen LogP contribution in [0, 0.1) is 0 Å². The second-order valence-corrected chi connectivity index (χ2v) is 8.84. The molecule has 0 bridgehead atoms. The fraction of sp³-hybridized carbons (Fsp3) is 0.684. The number of fused-ring (bicyclic) bond motifs is 1. The summed E-state index contributed by atoms with van der Waals surface area (Å²) in [6.07, 6.45) is 2.65. The highest BCUT2D eigenvalue weighted by atomic mass is 32.2. The molecule has 3 rings (SSSR count). The van der Waals surface area contributed by atoms with Gasteiger partial charge in [-0.2, -0.15) is 11.8 Å². The van der Waals surface area contributed by atoms with Crippen molar-refractivity contribution in [1.82, 2.24) is 9.88 Å². The van der Waals surface area contributed by atoms with Crippen LogP contribution in [0.25, 0.3) is 0 Å². The maximum Gasteiger partial charge on any atom is 0.410 e. The lowest BCUT2D eigenvalue weighted by Crippen LogP contribution is -2.41. The van der Waals surface area contributed by atoms with Gasteiger partial charge < -0.3 is 14.4 Å². The molecule has 0 radical (unpaired) electrons. The molecule has 0 aromatic carbocycles. The van der Waals surface area contributed by atoms with E-state index in [4.69, 9.17) is 14.5 Å². The summed E-state index contributed by atoms with van der Waals surface area (Å²) in [7, 11) is 1.70. The van der Waals surface area contributed by atoms with Crippen LogP contribution in [0.3, 0.4) is 0 Å². The topological polar surface area (TPSA) is 51.7 Å². The van der Waals surface area contributed by atoms with Gasteiger partial charge in [0.15, 0.2) is 0 Å². The quantitative estimate of drug-likeness (QED) is 0.794. The van der Waals surface area contributed by atoms with Crippen molar-refractivity contribution in [2.24, 2.45) is 0 Å². The number of aromatic nitrogens is 1. The van der Waals surface area contributed by atoms with E-state index < -0.39 is 5.60 Å². The van der Waals surface area contributed by atoms with E-state index in [-0.39, 0.29) is 6.09 Å². The van der Waals surface area contributed by atoms with Gasteiger partial charge in [0.25, 0.3) is 0 Å². The molecular formula is C19H28N2O3S. The van der Waals surface area contributed by atoms with Gasteiger partial charge in [0.05, 0.1) is 7.11 Å². The average molecular weight is 365 g/mol. The number of rotatable bonds is 2. The van der Waals surface area contributed by atoms with E-state index in [1.54, 1.807) is 7.11 Å². The Kier molecular flexibility index (Phi) is 5.46. The van der Waals surface area contributed by atoms with Gasteiger partial charge in [-0.3, -0.25) is 0 Å². The SMILES string of the molecule is COc1nc2c(cc1C1CCN(C(=O)OC(C)(C)C)CC1)CSCC2. The number of hydrogen-bond acceptors (Lipinski definition) is 5. The number of carbonyl (C=O) groups excluding carboxylic acids is 1. The molecule has 5 nitrogen and oxygen atoms in total. The Bertz CT molecular complexity index is 634. The number of piperidine rings is 1.